The average molecular weight is 287 g/mol. The van der Waals surface area contributed by atoms with E-state index >= 15 is 0 Å². The lowest BCUT2D eigenvalue weighted by atomic mass is 9.90. The maximum Gasteiger partial charge on any atom is 0.234 e. The van der Waals surface area contributed by atoms with Crippen LogP contribution >= 0.6 is 0 Å². The summed E-state index contributed by atoms with van der Waals surface area (Å²) in [4.78, 5) is 26.2. The van der Waals surface area contributed by atoms with E-state index < -0.39 is 0 Å². The van der Waals surface area contributed by atoms with E-state index in [4.69, 9.17) is 0 Å². The van der Waals surface area contributed by atoms with Crippen molar-refractivity contribution in [2.75, 3.05) is 19.8 Å². The molecule has 2 amide bonds. The summed E-state index contributed by atoms with van der Waals surface area (Å²) in [5, 5.41) is 0. The molecule has 2 aliphatic heterocycles. The lowest BCUT2D eigenvalue weighted by Gasteiger charge is -2.31. The Hall–Kier alpha value is -1.68. The Morgan fingerprint density at radius 1 is 1.00 bits per heavy atom. The lowest BCUT2D eigenvalue weighted by Crippen LogP contribution is -3.14. The largest absolute Gasteiger partial charge is 0.317 e. The van der Waals surface area contributed by atoms with Crippen molar-refractivity contribution in [2.45, 2.75) is 32.1 Å². The fourth-order valence-electron chi connectivity index (χ4n) is 3.42. The number of imide groups is 1. The number of likely N-dealkylation sites (tertiary alicyclic amines) is 2. The Morgan fingerprint density at radius 3 is 2.24 bits per heavy atom. The van der Waals surface area contributed by atoms with Gasteiger partial charge in [-0.05, 0) is 30.7 Å². The van der Waals surface area contributed by atoms with E-state index in [1.165, 1.54) is 28.2 Å². The molecular formula is C17H23N2O2+. The van der Waals surface area contributed by atoms with Gasteiger partial charge in [-0.25, -0.2) is 4.90 Å². The van der Waals surface area contributed by atoms with Gasteiger partial charge in [0, 0.05) is 12.8 Å². The fraction of sp³-hybridized carbons (Fsp3) is 0.529. The number of hydrogen-bond acceptors (Lipinski definition) is 2. The standard InChI is InChI=1S/C17H22N2O2/c20-16-6-7-17(21)19(16)13-18-10-8-15(9-11-18)12-14-4-2-1-3-5-14/h1-5,15H,6-13H2/p+1. The monoisotopic (exact) mass is 287 g/mol. The molecule has 0 saturated carbocycles. The quantitative estimate of drug-likeness (QED) is 0.825. The molecule has 2 aliphatic rings. The van der Waals surface area contributed by atoms with E-state index in [1.807, 2.05) is 0 Å². The van der Waals surface area contributed by atoms with Crippen molar-refractivity contribution < 1.29 is 14.5 Å². The zero-order valence-electron chi connectivity index (χ0n) is 12.4. The van der Waals surface area contributed by atoms with Gasteiger partial charge in [-0.2, -0.15) is 0 Å². The van der Waals surface area contributed by atoms with Crippen molar-refractivity contribution in [3.8, 4) is 0 Å². The molecule has 4 heteroatoms. The van der Waals surface area contributed by atoms with E-state index in [0.29, 0.717) is 19.5 Å². The van der Waals surface area contributed by atoms with Gasteiger partial charge in [0.05, 0.1) is 13.1 Å². The number of quaternary nitrogens is 1. The van der Waals surface area contributed by atoms with Crippen molar-refractivity contribution in [3.63, 3.8) is 0 Å². The summed E-state index contributed by atoms with van der Waals surface area (Å²) in [5.74, 6) is 0.763. The van der Waals surface area contributed by atoms with E-state index in [0.717, 1.165) is 25.4 Å². The molecule has 0 atom stereocenters. The fourth-order valence-corrected chi connectivity index (χ4v) is 3.42. The minimum absolute atomic E-state index is 0.0129. The number of amides is 2. The van der Waals surface area contributed by atoms with Gasteiger partial charge in [0.25, 0.3) is 0 Å². The van der Waals surface area contributed by atoms with Gasteiger partial charge in [-0.15, -0.1) is 0 Å². The first-order valence-electron chi connectivity index (χ1n) is 7.93. The van der Waals surface area contributed by atoms with Crippen LogP contribution in [-0.2, 0) is 16.0 Å². The van der Waals surface area contributed by atoms with E-state index in [1.54, 1.807) is 0 Å². The maximum absolute atomic E-state index is 11.7. The molecule has 112 valence electrons. The molecule has 0 spiro atoms. The third-order valence-corrected chi connectivity index (χ3v) is 4.72. The molecule has 1 N–H and O–H groups in total. The van der Waals surface area contributed by atoms with Crippen LogP contribution in [0.25, 0.3) is 0 Å². The van der Waals surface area contributed by atoms with Crippen LogP contribution in [0, 0.1) is 5.92 Å². The van der Waals surface area contributed by atoms with Crippen molar-refractivity contribution in [2.24, 2.45) is 5.92 Å². The highest BCUT2D eigenvalue weighted by Crippen LogP contribution is 2.17. The second-order valence-electron chi connectivity index (χ2n) is 6.26. The second-order valence-corrected chi connectivity index (χ2v) is 6.26. The summed E-state index contributed by atoms with van der Waals surface area (Å²) in [5.41, 5.74) is 1.41. The van der Waals surface area contributed by atoms with Crippen molar-refractivity contribution in [1.29, 1.82) is 0 Å². The smallest absolute Gasteiger partial charge is 0.234 e. The molecule has 0 radical (unpaired) electrons. The van der Waals surface area contributed by atoms with E-state index in [-0.39, 0.29) is 11.8 Å². The number of nitrogens with one attached hydrogen (secondary N) is 1. The third kappa shape index (κ3) is 3.50. The summed E-state index contributed by atoms with van der Waals surface area (Å²) in [6.45, 7) is 2.71. The highest BCUT2D eigenvalue weighted by molar-refractivity contribution is 6.01. The number of carbonyl (C=O) groups excluding carboxylic acids is 2. The molecule has 0 bridgehead atoms. The molecule has 3 rings (SSSR count). The Labute approximate surface area is 125 Å². The summed E-state index contributed by atoms with van der Waals surface area (Å²) in [6.07, 6.45) is 4.32. The zero-order chi connectivity index (χ0) is 14.7. The Balaban J connectivity index is 1.47. The molecule has 1 aromatic carbocycles. The second kappa shape index (κ2) is 6.39. The van der Waals surface area contributed by atoms with E-state index in [9.17, 15) is 9.59 Å². The average Bonchev–Trinajstić information content (AvgIpc) is 2.82. The summed E-state index contributed by atoms with van der Waals surface area (Å²) < 4.78 is 0. The van der Waals surface area contributed by atoms with Gasteiger partial charge in [0.1, 0.15) is 0 Å². The molecule has 0 aliphatic carbocycles. The van der Waals surface area contributed by atoms with Gasteiger partial charge >= 0.3 is 0 Å². The summed E-state index contributed by atoms with van der Waals surface area (Å²) in [6, 6.07) is 10.6. The molecule has 21 heavy (non-hydrogen) atoms. The number of hydrogen-bond donors (Lipinski definition) is 1. The zero-order valence-corrected chi connectivity index (χ0v) is 12.4. The SMILES string of the molecule is O=C1CCC(=O)N1C[NH+]1CCC(Cc2ccccc2)CC1. The molecule has 0 unspecified atom stereocenters. The molecule has 2 fully saturated rings. The Kier molecular flexibility index (Phi) is 4.34. The molecule has 0 aromatic heterocycles. The first-order chi connectivity index (χ1) is 10.2. The van der Waals surface area contributed by atoms with Crippen molar-refractivity contribution >= 4 is 11.8 Å². The van der Waals surface area contributed by atoms with Gasteiger partial charge < -0.3 is 4.90 Å². The highest BCUT2D eigenvalue weighted by atomic mass is 16.2. The van der Waals surface area contributed by atoms with Crippen LogP contribution in [0.1, 0.15) is 31.2 Å². The van der Waals surface area contributed by atoms with Crippen LogP contribution in [0.4, 0.5) is 0 Å². The van der Waals surface area contributed by atoms with Crippen LogP contribution in [0.2, 0.25) is 0 Å². The Bertz CT molecular complexity index is 491. The topological polar surface area (TPSA) is 41.8 Å². The van der Waals surface area contributed by atoms with Gasteiger partial charge in [0.15, 0.2) is 6.67 Å². The molecule has 2 heterocycles. The maximum atomic E-state index is 11.7. The first kappa shape index (κ1) is 14.3. The molecule has 2 saturated heterocycles. The number of nitrogens with zero attached hydrogens (tertiary/aromatic N) is 1. The molecule has 4 nitrogen and oxygen atoms in total. The van der Waals surface area contributed by atoms with Crippen molar-refractivity contribution in [1.82, 2.24) is 4.90 Å². The minimum Gasteiger partial charge on any atom is -0.317 e. The van der Waals surface area contributed by atoms with Gasteiger partial charge in [-0.3, -0.25) is 9.59 Å². The van der Waals surface area contributed by atoms with E-state index in [2.05, 4.69) is 30.3 Å². The Morgan fingerprint density at radius 2 is 1.62 bits per heavy atom. The third-order valence-electron chi connectivity index (χ3n) is 4.72. The number of piperidine rings is 1. The first-order valence-corrected chi connectivity index (χ1v) is 7.93. The van der Waals surface area contributed by atoms with Crippen LogP contribution in [0.3, 0.4) is 0 Å². The van der Waals surface area contributed by atoms with Crippen LogP contribution in [0.5, 0.6) is 0 Å². The lowest BCUT2D eigenvalue weighted by molar-refractivity contribution is -0.913. The molecule has 1 aromatic rings. The van der Waals surface area contributed by atoms with Gasteiger partial charge in [0.2, 0.25) is 11.8 Å². The predicted octanol–water partition coefficient (Wildman–Crippen LogP) is 0.631. The van der Waals surface area contributed by atoms with Crippen LogP contribution in [-0.4, -0.2) is 36.5 Å². The van der Waals surface area contributed by atoms with Crippen LogP contribution in [0.15, 0.2) is 30.3 Å². The number of carbonyl (C=O) groups is 2. The summed E-state index contributed by atoms with van der Waals surface area (Å²) >= 11 is 0. The number of rotatable bonds is 4. The summed E-state index contributed by atoms with van der Waals surface area (Å²) in [7, 11) is 0. The minimum atomic E-state index is 0.0129. The van der Waals surface area contributed by atoms with Gasteiger partial charge in [-0.1, -0.05) is 30.3 Å². The molecular weight excluding hydrogens is 264 g/mol. The number of benzene rings is 1. The normalized spacial score (nSPS) is 26.4. The highest BCUT2D eigenvalue weighted by Gasteiger charge is 2.33. The predicted molar refractivity (Wildman–Crippen MR) is 79.5 cm³/mol. The van der Waals surface area contributed by atoms with Crippen molar-refractivity contribution in [3.05, 3.63) is 35.9 Å². The van der Waals surface area contributed by atoms with Crippen LogP contribution < -0.4 is 4.90 Å².